The highest BCUT2D eigenvalue weighted by molar-refractivity contribution is 7.86. The van der Waals surface area contributed by atoms with E-state index in [0.29, 0.717) is 11.2 Å². The van der Waals surface area contributed by atoms with E-state index in [4.69, 9.17) is 20.5 Å². The highest BCUT2D eigenvalue weighted by Crippen LogP contribution is 2.28. The van der Waals surface area contributed by atoms with Crippen molar-refractivity contribution in [2.24, 2.45) is 0 Å². The van der Waals surface area contributed by atoms with E-state index in [1.165, 1.54) is 6.33 Å². The lowest BCUT2D eigenvalue weighted by Gasteiger charge is -2.18. The van der Waals surface area contributed by atoms with Crippen molar-refractivity contribution in [3.8, 4) is 0 Å². The number of anilines is 1. The highest BCUT2D eigenvalue weighted by Gasteiger charge is 2.46. The summed E-state index contributed by atoms with van der Waals surface area (Å²) in [6, 6.07) is 0. The van der Waals surface area contributed by atoms with Crippen LogP contribution in [-0.4, -0.2) is 76.0 Å². The Morgan fingerprint density at radius 1 is 1.50 bits per heavy atom. The molecule has 2 aromatic heterocycles. The molecule has 0 radical (unpaired) electrons. The van der Waals surface area contributed by atoms with Crippen LogP contribution in [0.4, 0.5) is 5.82 Å². The van der Waals surface area contributed by atoms with Crippen LogP contribution in [-0.2, 0) is 19.0 Å². The number of ether oxygens (including phenoxy) is 1. The Hall–Kier alpha value is -1.57. The third-order valence-electron chi connectivity index (χ3n) is 3.34. The molecule has 1 aliphatic heterocycles. The molecule has 3 heterocycles. The molecule has 0 amide bonds. The zero-order chi connectivity index (χ0) is 17.5. The van der Waals surface area contributed by atoms with E-state index in [2.05, 4.69) is 25.3 Å². The van der Waals surface area contributed by atoms with Crippen LogP contribution in [0.15, 0.2) is 6.33 Å². The van der Waals surface area contributed by atoms with Crippen molar-refractivity contribution in [3.63, 3.8) is 0 Å². The zero-order valence-corrected chi connectivity index (χ0v) is 13.8. The second-order valence-electron chi connectivity index (χ2n) is 5.12. The van der Waals surface area contributed by atoms with Gasteiger partial charge in [-0.1, -0.05) is 0 Å². The van der Waals surface area contributed by atoms with Gasteiger partial charge in [-0.15, -0.1) is 0 Å². The van der Waals surface area contributed by atoms with Gasteiger partial charge in [0.1, 0.15) is 23.8 Å². The molecule has 1 aliphatic rings. The summed E-state index contributed by atoms with van der Waals surface area (Å²) in [6.07, 6.45) is -2.56. The third kappa shape index (κ3) is 3.43. The predicted octanol–water partition coefficient (Wildman–Crippen LogP) is -1.16. The van der Waals surface area contributed by atoms with Crippen molar-refractivity contribution in [2.45, 2.75) is 24.5 Å². The number of aromatic nitrogens is 4. The number of fused-ring (bicyclic) bond motifs is 1. The van der Waals surface area contributed by atoms with Gasteiger partial charge < -0.3 is 25.3 Å². The summed E-state index contributed by atoms with van der Waals surface area (Å²) in [6.45, 7) is -0.542. The Morgan fingerprint density at radius 3 is 2.92 bits per heavy atom. The van der Waals surface area contributed by atoms with Gasteiger partial charge in [0.2, 0.25) is 5.28 Å². The standard InChI is InChI=1S/C11H14ClN5O6S/c1-24(20,21)23-7-4(2-18)22-10(6(7)19)15-9-5-8(14-3-13-5)16-11(12)17-9/h3-4,6-7,10,18-19H,2H2,1H3,(H2,13,14,15,16,17)/t4-,6-,7+,10-/m1/s1. The van der Waals surface area contributed by atoms with Crippen molar-refractivity contribution in [1.29, 1.82) is 0 Å². The molecule has 1 fully saturated rings. The van der Waals surface area contributed by atoms with Gasteiger partial charge in [0.15, 0.2) is 17.7 Å². The molecule has 11 nitrogen and oxygen atoms in total. The van der Waals surface area contributed by atoms with E-state index in [1.54, 1.807) is 0 Å². The van der Waals surface area contributed by atoms with Crippen LogP contribution in [0, 0.1) is 0 Å². The fourth-order valence-electron chi connectivity index (χ4n) is 2.37. The van der Waals surface area contributed by atoms with E-state index in [9.17, 15) is 18.6 Å². The van der Waals surface area contributed by atoms with Crippen LogP contribution in [0.1, 0.15) is 0 Å². The number of H-pyrrole nitrogens is 1. The molecule has 4 atom stereocenters. The van der Waals surface area contributed by atoms with Gasteiger partial charge in [0.05, 0.1) is 19.2 Å². The minimum absolute atomic E-state index is 0.0766. The number of nitrogens with one attached hydrogen (secondary N) is 2. The SMILES string of the molecule is CS(=O)(=O)O[C@@H]1[C@@H](O)[C@H](Nc2nc(Cl)nc3nc[nH]c23)O[C@@H]1CO. The first kappa shape index (κ1) is 17.3. The molecule has 24 heavy (non-hydrogen) atoms. The number of aliphatic hydroxyl groups excluding tert-OH is 2. The fraction of sp³-hybridized carbons (Fsp3) is 0.545. The third-order valence-corrected chi connectivity index (χ3v) is 4.08. The van der Waals surface area contributed by atoms with Crippen molar-refractivity contribution < 1.29 is 27.6 Å². The molecule has 0 bridgehead atoms. The quantitative estimate of drug-likeness (QED) is 0.368. The minimum Gasteiger partial charge on any atom is -0.394 e. The van der Waals surface area contributed by atoms with Crippen molar-refractivity contribution in [1.82, 2.24) is 19.9 Å². The van der Waals surface area contributed by atoms with Gasteiger partial charge >= 0.3 is 0 Å². The number of rotatable bonds is 5. The Balaban J connectivity index is 1.86. The number of nitrogens with zero attached hydrogens (tertiary/aromatic N) is 3. The maximum atomic E-state index is 11.3. The Bertz CT molecular complexity index is 845. The van der Waals surface area contributed by atoms with Gasteiger partial charge in [0, 0.05) is 0 Å². The molecule has 4 N–H and O–H groups in total. The number of aromatic amines is 1. The maximum absolute atomic E-state index is 11.3. The summed E-state index contributed by atoms with van der Waals surface area (Å²) < 4.78 is 32.8. The molecule has 13 heteroatoms. The molecule has 0 aliphatic carbocycles. The summed E-state index contributed by atoms with van der Waals surface area (Å²) in [4.78, 5) is 14.6. The molecule has 132 valence electrons. The maximum Gasteiger partial charge on any atom is 0.264 e. The predicted molar refractivity (Wildman–Crippen MR) is 81.8 cm³/mol. The fourth-order valence-corrected chi connectivity index (χ4v) is 3.18. The lowest BCUT2D eigenvalue weighted by atomic mass is 10.1. The highest BCUT2D eigenvalue weighted by atomic mass is 35.5. The summed E-state index contributed by atoms with van der Waals surface area (Å²) in [7, 11) is -3.85. The Morgan fingerprint density at radius 2 is 2.25 bits per heavy atom. The molecule has 0 spiro atoms. The van der Waals surface area contributed by atoms with Crippen LogP contribution < -0.4 is 5.32 Å². The first-order chi connectivity index (χ1) is 11.3. The summed E-state index contributed by atoms with van der Waals surface area (Å²) in [5, 5.41) is 22.3. The number of halogens is 1. The molecular weight excluding hydrogens is 366 g/mol. The number of imidazole rings is 1. The number of hydrogen-bond donors (Lipinski definition) is 4. The van der Waals surface area contributed by atoms with E-state index in [0.717, 1.165) is 6.26 Å². The Kier molecular flexibility index (Phi) is 4.59. The van der Waals surface area contributed by atoms with Crippen LogP contribution in [0.25, 0.3) is 11.2 Å². The first-order valence-electron chi connectivity index (χ1n) is 6.74. The zero-order valence-electron chi connectivity index (χ0n) is 12.2. The largest absolute Gasteiger partial charge is 0.394 e. The first-order valence-corrected chi connectivity index (χ1v) is 8.94. The van der Waals surface area contributed by atoms with Crippen LogP contribution in [0.2, 0.25) is 5.28 Å². The summed E-state index contributed by atoms with van der Waals surface area (Å²) in [5.41, 5.74) is 0.718. The summed E-state index contributed by atoms with van der Waals surface area (Å²) >= 11 is 5.81. The van der Waals surface area contributed by atoms with Crippen LogP contribution >= 0.6 is 11.6 Å². The van der Waals surface area contributed by atoms with Crippen LogP contribution in [0.3, 0.4) is 0 Å². The monoisotopic (exact) mass is 379 g/mol. The molecule has 0 unspecified atom stereocenters. The van der Waals surface area contributed by atoms with E-state index in [1.807, 2.05) is 0 Å². The molecule has 3 rings (SSSR count). The second-order valence-corrected chi connectivity index (χ2v) is 7.06. The van der Waals surface area contributed by atoms with E-state index in [-0.39, 0.29) is 11.1 Å². The van der Waals surface area contributed by atoms with E-state index < -0.39 is 41.3 Å². The van der Waals surface area contributed by atoms with E-state index >= 15 is 0 Å². The average Bonchev–Trinajstić information content (AvgIpc) is 3.05. The molecule has 0 aromatic carbocycles. The lowest BCUT2D eigenvalue weighted by Crippen LogP contribution is -2.40. The van der Waals surface area contributed by atoms with Crippen molar-refractivity contribution >= 4 is 38.7 Å². The van der Waals surface area contributed by atoms with Gasteiger partial charge in [-0.3, -0.25) is 4.18 Å². The number of hydrogen-bond acceptors (Lipinski definition) is 10. The van der Waals surface area contributed by atoms with Gasteiger partial charge in [-0.25, -0.2) is 4.98 Å². The van der Waals surface area contributed by atoms with Crippen LogP contribution in [0.5, 0.6) is 0 Å². The molecule has 1 saturated heterocycles. The average molecular weight is 380 g/mol. The normalized spacial score (nSPS) is 27.7. The van der Waals surface area contributed by atoms with Crippen molar-refractivity contribution in [2.75, 3.05) is 18.2 Å². The summed E-state index contributed by atoms with van der Waals surface area (Å²) in [5.74, 6) is 0.197. The van der Waals surface area contributed by atoms with Gasteiger partial charge in [0.25, 0.3) is 10.1 Å². The molecule has 0 saturated carbocycles. The molecule has 2 aromatic rings. The Labute approximate surface area is 141 Å². The molecular formula is C11H14ClN5O6S. The van der Waals surface area contributed by atoms with Gasteiger partial charge in [-0.2, -0.15) is 18.4 Å². The minimum atomic E-state index is -3.85. The topological polar surface area (TPSA) is 160 Å². The van der Waals surface area contributed by atoms with Crippen molar-refractivity contribution in [3.05, 3.63) is 11.6 Å². The lowest BCUT2D eigenvalue weighted by molar-refractivity contribution is -0.00717. The smallest absolute Gasteiger partial charge is 0.264 e. The van der Waals surface area contributed by atoms with Gasteiger partial charge in [-0.05, 0) is 11.6 Å². The second kappa shape index (κ2) is 6.38. The number of aliphatic hydroxyl groups is 2.